The molecule has 0 aliphatic heterocycles. The van der Waals surface area contributed by atoms with Gasteiger partial charge in [0.2, 0.25) is 0 Å². The van der Waals surface area contributed by atoms with Crippen LogP contribution in [0.2, 0.25) is 41.3 Å². The fraction of sp³-hybridized carbons (Fsp3) is 0.658. The molecular formula is C38H66O4Si3. The van der Waals surface area contributed by atoms with Crippen LogP contribution in [0.25, 0.3) is 0 Å². The van der Waals surface area contributed by atoms with Crippen molar-refractivity contribution in [3.8, 4) is 0 Å². The smallest absolute Gasteiger partial charge is 0.261 e. The van der Waals surface area contributed by atoms with Crippen LogP contribution in [0.4, 0.5) is 0 Å². The van der Waals surface area contributed by atoms with Crippen LogP contribution in [0.5, 0.6) is 0 Å². The lowest BCUT2D eigenvalue weighted by atomic mass is 9.92. The molecule has 2 rings (SSSR count). The van der Waals surface area contributed by atoms with Crippen molar-refractivity contribution >= 4 is 41.6 Å². The molecule has 4 atom stereocenters. The zero-order valence-corrected chi connectivity index (χ0v) is 34.4. The molecule has 0 aliphatic carbocycles. The second kappa shape index (κ2) is 15.2. The van der Waals surface area contributed by atoms with Crippen molar-refractivity contribution < 1.29 is 18.1 Å². The summed E-state index contributed by atoms with van der Waals surface area (Å²) in [4.78, 5) is 11.6. The van der Waals surface area contributed by atoms with Crippen molar-refractivity contribution in [3.05, 3.63) is 60.7 Å². The van der Waals surface area contributed by atoms with E-state index in [1.807, 2.05) is 0 Å². The Hall–Kier alpha value is -1.36. The summed E-state index contributed by atoms with van der Waals surface area (Å²) in [6.45, 7) is 35.2. The van der Waals surface area contributed by atoms with Gasteiger partial charge in [0.15, 0.2) is 16.6 Å². The lowest BCUT2D eigenvalue weighted by Gasteiger charge is -2.48. The lowest BCUT2D eigenvalue weighted by Crippen LogP contribution is -2.67. The van der Waals surface area contributed by atoms with Crippen molar-refractivity contribution in [1.29, 1.82) is 0 Å². The molecule has 0 aliphatic rings. The zero-order chi connectivity index (χ0) is 34.5. The molecule has 4 nitrogen and oxygen atoms in total. The van der Waals surface area contributed by atoms with Crippen LogP contribution in [0.15, 0.2) is 60.7 Å². The van der Waals surface area contributed by atoms with E-state index in [1.165, 1.54) is 10.4 Å². The second-order valence-electron chi connectivity index (χ2n) is 17.5. The predicted octanol–water partition coefficient (Wildman–Crippen LogP) is 9.60. The van der Waals surface area contributed by atoms with E-state index >= 15 is 0 Å². The van der Waals surface area contributed by atoms with Crippen molar-refractivity contribution in [2.75, 3.05) is 6.61 Å². The van der Waals surface area contributed by atoms with E-state index in [0.29, 0.717) is 13.0 Å². The summed E-state index contributed by atoms with van der Waals surface area (Å²) < 4.78 is 22.2. The fourth-order valence-corrected chi connectivity index (χ4v) is 13.1. The topological polar surface area (TPSA) is 44.8 Å². The molecule has 0 heterocycles. The van der Waals surface area contributed by atoms with Gasteiger partial charge < -0.3 is 18.1 Å². The Kier molecular flexibility index (Phi) is 13.5. The molecule has 0 bridgehead atoms. The van der Waals surface area contributed by atoms with E-state index in [0.717, 1.165) is 12.7 Å². The Morgan fingerprint density at radius 1 is 0.667 bits per heavy atom. The fourth-order valence-electron chi connectivity index (χ4n) is 5.65. The maximum atomic E-state index is 11.6. The SMILES string of the molecule is C[C@H](CC=O)C[C@H](O[Si](C)(C)C(C)(C)C)[C@@H](O[Si](C)(C)C(C)(C)C)[C@@H](C)CO[Si](c1ccccc1)(c1ccccc1)C(C)(C)C. The second-order valence-corrected chi connectivity index (χ2v) is 31.3. The number of carbonyl (C=O) groups excluding carboxylic acids is 1. The van der Waals surface area contributed by atoms with Crippen LogP contribution in [0.1, 0.15) is 89.0 Å². The molecule has 0 N–H and O–H groups in total. The van der Waals surface area contributed by atoms with Crippen molar-refractivity contribution in [2.45, 2.75) is 143 Å². The first-order chi connectivity index (χ1) is 20.5. The number of hydrogen-bond donors (Lipinski definition) is 0. The summed E-state index contributed by atoms with van der Waals surface area (Å²) in [5.74, 6) is 0.270. The number of carbonyl (C=O) groups is 1. The molecular weight excluding hydrogens is 605 g/mol. The van der Waals surface area contributed by atoms with Crippen molar-refractivity contribution in [1.82, 2.24) is 0 Å². The maximum Gasteiger partial charge on any atom is 0.261 e. The molecule has 2 aromatic carbocycles. The Morgan fingerprint density at radius 3 is 1.47 bits per heavy atom. The highest BCUT2D eigenvalue weighted by Gasteiger charge is 2.51. The van der Waals surface area contributed by atoms with E-state index in [1.54, 1.807) is 0 Å². The lowest BCUT2D eigenvalue weighted by molar-refractivity contribution is -0.108. The van der Waals surface area contributed by atoms with Gasteiger partial charge >= 0.3 is 0 Å². The molecule has 0 unspecified atom stereocenters. The van der Waals surface area contributed by atoms with Crippen molar-refractivity contribution in [3.63, 3.8) is 0 Å². The molecule has 45 heavy (non-hydrogen) atoms. The predicted molar refractivity (Wildman–Crippen MR) is 201 cm³/mol. The van der Waals surface area contributed by atoms with E-state index in [2.05, 4.69) is 163 Å². The third-order valence-electron chi connectivity index (χ3n) is 10.5. The first kappa shape index (κ1) is 39.8. The minimum Gasteiger partial charge on any atom is -0.411 e. The number of hydrogen-bond acceptors (Lipinski definition) is 4. The van der Waals surface area contributed by atoms with Crippen LogP contribution in [-0.4, -0.2) is 50.1 Å². The van der Waals surface area contributed by atoms with Gasteiger partial charge in [-0.15, -0.1) is 0 Å². The highest BCUT2D eigenvalue weighted by molar-refractivity contribution is 6.99. The van der Waals surface area contributed by atoms with E-state index in [-0.39, 0.29) is 39.2 Å². The molecule has 0 saturated heterocycles. The zero-order valence-electron chi connectivity index (χ0n) is 31.4. The summed E-state index contributed by atoms with van der Waals surface area (Å²) in [6.07, 6.45) is 2.07. The normalized spacial score (nSPS) is 16.6. The maximum absolute atomic E-state index is 11.6. The molecule has 0 aromatic heterocycles. The van der Waals surface area contributed by atoms with Gasteiger partial charge in [-0.2, -0.15) is 0 Å². The van der Waals surface area contributed by atoms with Gasteiger partial charge in [-0.3, -0.25) is 0 Å². The van der Waals surface area contributed by atoms with Gasteiger partial charge in [-0.1, -0.05) is 137 Å². The first-order valence-corrected chi connectivity index (χ1v) is 24.8. The minimum atomic E-state index is -2.73. The number of benzene rings is 2. The number of aldehydes is 1. The molecule has 7 heteroatoms. The van der Waals surface area contributed by atoms with Gasteiger partial charge in [0, 0.05) is 18.9 Å². The number of rotatable bonds is 15. The largest absolute Gasteiger partial charge is 0.411 e. The van der Waals surface area contributed by atoms with Gasteiger partial charge in [0.1, 0.15) is 6.29 Å². The Labute approximate surface area is 280 Å². The van der Waals surface area contributed by atoms with Crippen molar-refractivity contribution in [2.24, 2.45) is 11.8 Å². The quantitative estimate of drug-likeness (QED) is 0.140. The average molecular weight is 671 g/mol. The van der Waals surface area contributed by atoms with Crippen LogP contribution in [0, 0.1) is 11.8 Å². The molecule has 0 fully saturated rings. The average Bonchev–Trinajstić information content (AvgIpc) is 2.91. The molecule has 0 spiro atoms. The van der Waals surface area contributed by atoms with Gasteiger partial charge in [0.25, 0.3) is 8.32 Å². The monoisotopic (exact) mass is 670 g/mol. The Morgan fingerprint density at radius 2 is 1.09 bits per heavy atom. The first-order valence-electron chi connectivity index (χ1n) is 17.0. The minimum absolute atomic E-state index is 0.0414. The van der Waals surface area contributed by atoms with E-state index in [4.69, 9.17) is 13.3 Å². The van der Waals surface area contributed by atoms with Crippen LogP contribution in [-0.2, 0) is 18.1 Å². The van der Waals surface area contributed by atoms with E-state index in [9.17, 15) is 4.79 Å². The Balaban J connectivity index is 2.69. The van der Waals surface area contributed by atoms with Crippen LogP contribution < -0.4 is 10.4 Å². The summed E-state index contributed by atoms with van der Waals surface area (Å²) >= 11 is 0. The van der Waals surface area contributed by atoms with Gasteiger partial charge in [0.05, 0.1) is 12.2 Å². The molecule has 0 amide bonds. The summed E-state index contributed by atoms with van der Waals surface area (Å²) in [7, 11) is -7.10. The highest BCUT2D eigenvalue weighted by atomic mass is 28.4. The third kappa shape index (κ3) is 9.83. The summed E-state index contributed by atoms with van der Waals surface area (Å²) in [6, 6.07) is 21.7. The Bertz CT molecular complexity index is 1140. The van der Waals surface area contributed by atoms with Gasteiger partial charge in [-0.25, -0.2) is 0 Å². The summed E-state index contributed by atoms with van der Waals surface area (Å²) in [5, 5.41) is 2.55. The molecule has 0 saturated carbocycles. The summed E-state index contributed by atoms with van der Waals surface area (Å²) in [5.41, 5.74) is 0. The van der Waals surface area contributed by atoms with Crippen LogP contribution in [0.3, 0.4) is 0 Å². The standard InChI is InChI=1S/C38H66O4Si3/c1-30(26-27-39)28-34(41-43(12,13)36(3,4)5)35(42-44(14,15)37(6,7)8)31(2)29-40-45(38(9,10)11,32-22-18-16-19-23-32)33-24-20-17-21-25-33/h16-25,27,30-31,34-35H,26,28-29H2,1-15H3/t30-,31+,34+,35+/m1/s1. The van der Waals surface area contributed by atoms with Crippen LogP contribution >= 0.6 is 0 Å². The molecule has 2 aromatic rings. The van der Waals surface area contributed by atoms with Gasteiger partial charge in [-0.05, 0) is 64.0 Å². The third-order valence-corrected chi connectivity index (χ3v) is 24.5. The molecule has 0 radical (unpaired) electrons. The highest BCUT2D eigenvalue weighted by Crippen LogP contribution is 2.43. The van der Waals surface area contributed by atoms with E-state index < -0.39 is 25.0 Å². The molecule has 254 valence electrons.